The first-order chi connectivity index (χ1) is 9.58. The molecular formula is C13H16N4O2S. The average Bonchev–Trinajstić information content (AvgIpc) is 2.73. The van der Waals surface area contributed by atoms with Gasteiger partial charge in [-0.3, -0.25) is 4.68 Å². The first kappa shape index (κ1) is 14.3. The number of oxime groups is 1. The SMILES string of the molecule is COc1ccccc1Sc1c(C(N)=NO)c(C)nn1C. The Hall–Kier alpha value is -2.15. The van der Waals surface area contributed by atoms with Gasteiger partial charge in [0.25, 0.3) is 0 Å². The Kier molecular flexibility index (Phi) is 4.19. The first-order valence-corrected chi connectivity index (χ1v) is 6.72. The molecule has 0 fully saturated rings. The van der Waals surface area contributed by atoms with Gasteiger partial charge in [0.2, 0.25) is 0 Å². The van der Waals surface area contributed by atoms with Crippen LogP contribution < -0.4 is 10.5 Å². The van der Waals surface area contributed by atoms with E-state index in [0.29, 0.717) is 11.3 Å². The summed E-state index contributed by atoms with van der Waals surface area (Å²) in [6.07, 6.45) is 0. The molecule has 0 spiro atoms. The van der Waals surface area contributed by atoms with Gasteiger partial charge >= 0.3 is 0 Å². The third-order valence-electron chi connectivity index (χ3n) is 2.81. The van der Waals surface area contributed by atoms with Gasteiger partial charge in [0.15, 0.2) is 5.84 Å². The quantitative estimate of drug-likeness (QED) is 0.389. The Morgan fingerprint density at radius 1 is 1.45 bits per heavy atom. The molecule has 2 rings (SSSR count). The largest absolute Gasteiger partial charge is 0.496 e. The number of aromatic nitrogens is 2. The van der Waals surface area contributed by atoms with Crippen LogP contribution in [0.2, 0.25) is 0 Å². The number of methoxy groups -OCH3 is 1. The van der Waals surface area contributed by atoms with Crippen molar-refractivity contribution in [3.05, 3.63) is 35.5 Å². The Bertz CT molecular complexity index is 652. The Morgan fingerprint density at radius 2 is 2.15 bits per heavy atom. The number of hydrogen-bond acceptors (Lipinski definition) is 5. The fourth-order valence-electron chi connectivity index (χ4n) is 1.91. The van der Waals surface area contributed by atoms with Gasteiger partial charge in [0.1, 0.15) is 10.8 Å². The van der Waals surface area contributed by atoms with Crippen LogP contribution in [-0.4, -0.2) is 27.9 Å². The molecule has 0 atom stereocenters. The zero-order chi connectivity index (χ0) is 14.7. The van der Waals surface area contributed by atoms with Gasteiger partial charge in [0, 0.05) is 7.05 Å². The standard InChI is InChI=1S/C13H16N4O2S/c1-8-11(12(14)16-18)13(17(2)15-8)20-10-7-5-4-6-9(10)19-3/h4-7,18H,1-3H3,(H2,14,16). The van der Waals surface area contributed by atoms with Crippen molar-refractivity contribution in [3.8, 4) is 5.75 Å². The van der Waals surface area contributed by atoms with E-state index in [1.807, 2.05) is 38.2 Å². The van der Waals surface area contributed by atoms with Crippen molar-refractivity contribution in [2.75, 3.05) is 7.11 Å². The second kappa shape index (κ2) is 5.87. The zero-order valence-electron chi connectivity index (χ0n) is 11.5. The predicted octanol–water partition coefficient (Wildman–Crippen LogP) is 1.98. The molecule has 1 heterocycles. The summed E-state index contributed by atoms with van der Waals surface area (Å²) < 4.78 is 7.04. The molecule has 0 aliphatic rings. The molecule has 20 heavy (non-hydrogen) atoms. The minimum atomic E-state index is 0.0491. The lowest BCUT2D eigenvalue weighted by atomic mass is 10.2. The predicted molar refractivity (Wildman–Crippen MR) is 77.6 cm³/mol. The molecule has 1 aromatic heterocycles. The van der Waals surface area contributed by atoms with Gasteiger partial charge in [-0.25, -0.2) is 0 Å². The molecule has 0 bridgehead atoms. The van der Waals surface area contributed by atoms with Crippen LogP contribution in [0, 0.1) is 6.92 Å². The lowest BCUT2D eigenvalue weighted by Gasteiger charge is -2.09. The summed E-state index contributed by atoms with van der Waals surface area (Å²) in [5.74, 6) is 0.815. The lowest BCUT2D eigenvalue weighted by molar-refractivity contribution is 0.318. The van der Waals surface area contributed by atoms with Gasteiger partial charge in [-0.05, 0) is 19.1 Å². The fraction of sp³-hybridized carbons (Fsp3) is 0.231. The Labute approximate surface area is 121 Å². The third-order valence-corrected chi connectivity index (χ3v) is 4.03. The second-order valence-corrected chi connectivity index (χ2v) is 5.16. The van der Waals surface area contributed by atoms with Crippen LogP contribution >= 0.6 is 11.8 Å². The highest BCUT2D eigenvalue weighted by atomic mass is 32.2. The topological polar surface area (TPSA) is 85.7 Å². The highest BCUT2D eigenvalue weighted by molar-refractivity contribution is 7.99. The monoisotopic (exact) mass is 292 g/mol. The van der Waals surface area contributed by atoms with Gasteiger partial charge in [-0.15, -0.1) is 0 Å². The summed E-state index contributed by atoms with van der Waals surface area (Å²) in [6, 6.07) is 7.66. The van der Waals surface area contributed by atoms with Gasteiger partial charge in [-0.2, -0.15) is 5.10 Å². The number of ether oxygens (including phenoxy) is 1. The van der Waals surface area contributed by atoms with Gasteiger partial charge in [-0.1, -0.05) is 29.1 Å². The molecule has 0 aliphatic carbocycles. The number of para-hydroxylation sites is 1. The van der Waals surface area contributed by atoms with Crippen LogP contribution in [-0.2, 0) is 7.05 Å². The van der Waals surface area contributed by atoms with Crippen molar-refractivity contribution >= 4 is 17.6 Å². The molecular weight excluding hydrogens is 276 g/mol. The number of nitrogens with zero attached hydrogens (tertiary/aromatic N) is 3. The van der Waals surface area contributed by atoms with E-state index in [1.54, 1.807) is 11.8 Å². The van der Waals surface area contributed by atoms with E-state index in [9.17, 15) is 0 Å². The summed E-state index contributed by atoms with van der Waals surface area (Å²) >= 11 is 1.46. The summed E-state index contributed by atoms with van der Waals surface area (Å²) in [6.45, 7) is 1.82. The van der Waals surface area contributed by atoms with E-state index in [-0.39, 0.29) is 5.84 Å². The molecule has 0 saturated carbocycles. The molecule has 1 aromatic carbocycles. The number of hydrogen-bond donors (Lipinski definition) is 2. The van der Waals surface area contributed by atoms with E-state index >= 15 is 0 Å². The maximum atomic E-state index is 8.91. The van der Waals surface area contributed by atoms with Crippen molar-refractivity contribution in [2.24, 2.45) is 17.9 Å². The maximum absolute atomic E-state index is 8.91. The van der Waals surface area contributed by atoms with Crippen LogP contribution in [0.3, 0.4) is 0 Å². The Balaban J connectivity index is 2.49. The summed E-state index contributed by atoms with van der Waals surface area (Å²) in [5, 5.41) is 17.1. The Morgan fingerprint density at radius 3 is 2.80 bits per heavy atom. The zero-order valence-corrected chi connectivity index (χ0v) is 12.3. The minimum Gasteiger partial charge on any atom is -0.496 e. The molecule has 106 valence electrons. The van der Waals surface area contributed by atoms with E-state index in [4.69, 9.17) is 15.7 Å². The van der Waals surface area contributed by atoms with Crippen molar-refractivity contribution in [2.45, 2.75) is 16.8 Å². The van der Waals surface area contributed by atoms with E-state index in [0.717, 1.165) is 15.7 Å². The van der Waals surface area contributed by atoms with Crippen molar-refractivity contribution in [1.29, 1.82) is 0 Å². The molecule has 0 aliphatic heterocycles. The number of benzene rings is 1. The van der Waals surface area contributed by atoms with Crippen LogP contribution in [0.25, 0.3) is 0 Å². The van der Waals surface area contributed by atoms with Gasteiger partial charge in [0.05, 0.1) is 23.3 Å². The minimum absolute atomic E-state index is 0.0491. The average molecular weight is 292 g/mol. The maximum Gasteiger partial charge on any atom is 0.174 e. The summed E-state index contributed by atoms with van der Waals surface area (Å²) in [5.41, 5.74) is 7.07. The highest BCUT2D eigenvalue weighted by Crippen LogP contribution is 2.36. The van der Waals surface area contributed by atoms with E-state index in [2.05, 4.69) is 10.3 Å². The van der Waals surface area contributed by atoms with Crippen LogP contribution in [0.15, 0.2) is 39.3 Å². The van der Waals surface area contributed by atoms with Crippen LogP contribution in [0.1, 0.15) is 11.3 Å². The van der Waals surface area contributed by atoms with Crippen LogP contribution in [0.5, 0.6) is 5.75 Å². The third kappa shape index (κ3) is 2.57. The molecule has 0 saturated heterocycles. The van der Waals surface area contributed by atoms with E-state index < -0.39 is 0 Å². The number of nitrogens with two attached hydrogens (primary N) is 1. The van der Waals surface area contributed by atoms with E-state index in [1.165, 1.54) is 11.8 Å². The number of aryl methyl sites for hydroxylation is 2. The van der Waals surface area contributed by atoms with Crippen molar-refractivity contribution in [3.63, 3.8) is 0 Å². The van der Waals surface area contributed by atoms with Crippen LogP contribution in [0.4, 0.5) is 0 Å². The molecule has 2 aromatic rings. The molecule has 6 nitrogen and oxygen atoms in total. The fourth-order valence-corrected chi connectivity index (χ4v) is 3.04. The van der Waals surface area contributed by atoms with Gasteiger partial charge < -0.3 is 15.7 Å². The lowest BCUT2D eigenvalue weighted by Crippen LogP contribution is -2.15. The first-order valence-electron chi connectivity index (χ1n) is 5.90. The second-order valence-electron chi connectivity index (χ2n) is 4.13. The smallest absolute Gasteiger partial charge is 0.174 e. The van der Waals surface area contributed by atoms with Crippen molar-refractivity contribution in [1.82, 2.24) is 9.78 Å². The molecule has 3 N–H and O–H groups in total. The molecule has 0 amide bonds. The molecule has 0 unspecified atom stereocenters. The molecule has 7 heteroatoms. The van der Waals surface area contributed by atoms with Crippen molar-refractivity contribution < 1.29 is 9.94 Å². The summed E-state index contributed by atoms with van der Waals surface area (Å²) in [7, 11) is 3.44. The number of rotatable bonds is 4. The highest BCUT2D eigenvalue weighted by Gasteiger charge is 2.19. The normalized spacial score (nSPS) is 11.7. The molecule has 0 radical (unpaired) electrons. The summed E-state index contributed by atoms with van der Waals surface area (Å²) in [4.78, 5) is 0.935. The number of amidine groups is 1.